The molecule has 0 radical (unpaired) electrons. The zero-order valence-electron chi connectivity index (χ0n) is 13.6. The van der Waals surface area contributed by atoms with Gasteiger partial charge in [-0.2, -0.15) is 5.10 Å². The lowest BCUT2D eigenvalue weighted by molar-refractivity contribution is -0.325. The maximum Gasteiger partial charge on any atom is 0.286 e. The number of aromatic nitrogens is 1. The lowest BCUT2D eigenvalue weighted by Crippen LogP contribution is -2.32. The molecule has 0 amide bonds. The number of aromatic amines is 1. The van der Waals surface area contributed by atoms with E-state index in [-0.39, 0.29) is 5.82 Å². The van der Waals surface area contributed by atoms with Crippen molar-refractivity contribution in [3.63, 3.8) is 0 Å². The molecule has 26 heavy (non-hydrogen) atoms. The Kier molecular flexibility index (Phi) is 4.11. The number of nitrogens with zero attached hydrogens (tertiary/aromatic N) is 1. The van der Waals surface area contributed by atoms with Crippen molar-refractivity contribution in [1.82, 2.24) is 5.43 Å². The zero-order valence-corrected chi connectivity index (χ0v) is 14.4. The van der Waals surface area contributed by atoms with Gasteiger partial charge in [0.25, 0.3) is 5.82 Å². The van der Waals surface area contributed by atoms with Crippen LogP contribution >= 0.6 is 11.3 Å². The Morgan fingerprint density at radius 1 is 1.12 bits per heavy atom. The van der Waals surface area contributed by atoms with Gasteiger partial charge in [-0.1, -0.05) is 12.1 Å². The van der Waals surface area contributed by atoms with E-state index in [4.69, 9.17) is 11.7 Å². The van der Waals surface area contributed by atoms with Crippen molar-refractivity contribution < 1.29 is 9.37 Å². The highest BCUT2D eigenvalue weighted by Gasteiger charge is 2.16. The third kappa shape index (κ3) is 2.81. The molecule has 2 heterocycles. The number of hydrazine groups is 1. The third-order valence-corrected chi connectivity index (χ3v) is 5.04. The number of hydrazone groups is 1. The molecule has 0 atom stereocenters. The van der Waals surface area contributed by atoms with Gasteiger partial charge in [-0.3, -0.25) is 0 Å². The summed E-state index contributed by atoms with van der Waals surface area (Å²) >= 11 is 1.64. The third-order valence-electron chi connectivity index (χ3n) is 4.09. The fraction of sp³-hybridized carbons (Fsp3) is 0. The van der Waals surface area contributed by atoms with E-state index < -0.39 is 0 Å². The summed E-state index contributed by atoms with van der Waals surface area (Å²) in [5.41, 5.74) is 4.78. The molecule has 0 unspecified atom stereocenters. The first kappa shape index (κ1) is 16.2. The van der Waals surface area contributed by atoms with Gasteiger partial charge in [0.15, 0.2) is 5.84 Å². The van der Waals surface area contributed by atoms with Crippen molar-refractivity contribution in [1.29, 1.82) is 0 Å². The first-order valence-corrected chi connectivity index (χ1v) is 8.71. The Morgan fingerprint density at radius 2 is 2.00 bits per heavy atom. The molecule has 0 aliphatic heterocycles. The van der Waals surface area contributed by atoms with E-state index in [1.807, 2.05) is 35.7 Å². The van der Waals surface area contributed by atoms with Crippen LogP contribution in [-0.4, -0.2) is 5.84 Å². The van der Waals surface area contributed by atoms with Crippen molar-refractivity contribution in [3.8, 4) is 0 Å². The average molecular weight is 367 g/mol. The van der Waals surface area contributed by atoms with Gasteiger partial charge in [-0.15, -0.1) is 11.3 Å². The van der Waals surface area contributed by atoms with Gasteiger partial charge in [0, 0.05) is 17.0 Å². The quantitative estimate of drug-likeness (QED) is 0.193. The van der Waals surface area contributed by atoms with Crippen molar-refractivity contribution in [2.75, 3.05) is 5.32 Å². The smallest absolute Gasteiger partial charge is 0.286 e. The summed E-state index contributed by atoms with van der Waals surface area (Å²) < 4.78 is 14.6. The number of amidine groups is 1. The van der Waals surface area contributed by atoms with Crippen molar-refractivity contribution in [3.05, 3.63) is 65.3 Å². The molecule has 0 saturated heterocycles. The number of hydrogen-bond acceptors (Lipinski definition) is 5. The number of anilines is 2. The average Bonchev–Trinajstić information content (AvgIpc) is 3.13. The number of halogens is 1. The minimum absolute atomic E-state index is 0.294. The lowest BCUT2D eigenvalue weighted by Gasteiger charge is -2.07. The molecule has 4 aromatic rings. The predicted octanol–water partition coefficient (Wildman–Crippen LogP) is 2.83. The minimum Gasteiger partial charge on any atom is -0.321 e. The minimum atomic E-state index is -0.294. The van der Waals surface area contributed by atoms with Gasteiger partial charge in [-0.25, -0.2) is 20.5 Å². The van der Waals surface area contributed by atoms with E-state index in [1.54, 1.807) is 17.4 Å². The second-order valence-electron chi connectivity index (χ2n) is 5.68. The first-order valence-electron chi connectivity index (χ1n) is 7.83. The molecule has 0 saturated carbocycles. The van der Waals surface area contributed by atoms with Crippen molar-refractivity contribution in [2.24, 2.45) is 16.8 Å². The van der Waals surface area contributed by atoms with Crippen LogP contribution in [0.4, 0.5) is 15.9 Å². The monoisotopic (exact) mass is 367 g/mol. The molecule has 6 nitrogen and oxygen atoms in total. The van der Waals surface area contributed by atoms with Crippen molar-refractivity contribution >= 4 is 49.7 Å². The number of fused-ring (bicyclic) bond motifs is 3. The largest absolute Gasteiger partial charge is 0.321 e. The Morgan fingerprint density at radius 3 is 2.77 bits per heavy atom. The number of pyridine rings is 1. The van der Waals surface area contributed by atoms with Crippen LogP contribution in [0.2, 0.25) is 0 Å². The Hall–Kier alpha value is -3.23. The fourth-order valence-corrected chi connectivity index (χ4v) is 3.86. The number of rotatable bonds is 3. The lowest BCUT2D eigenvalue weighted by atomic mass is 10.1. The summed E-state index contributed by atoms with van der Waals surface area (Å²) in [6.07, 6.45) is 0. The summed E-state index contributed by atoms with van der Waals surface area (Å²) in [6, 6.07) is 14.2. The number of nitrogens with two attached hydrogens (primary N) is 2. The van der Waals surface area contributed by atoms with Crippen LogP contribution in [0.25, 0.3) is 21.0 Å². The van der Waals surface area contributed by atoms with E-state index in [2.05, 4.69) is 20.8 Å². The molecular weight excluding hydrogens is 351 g/mol. The molecule has 0 aliphatic carbocycles. The number of benzene rings is 2. The van der Waals surface area contributed by atoms with Crippen LogP contribution in [-0.2, 0) is 0 Å². The van der Waals surface area contributed by atoms with E-state index in [1.165, 1.54) is 12.1 Å². The second-order valence-corrected chi connectivity index (χ2v) is 6.60. The predicted molar refractivity (Wildman–Crippen MR) is 104 cm³/mol. The van der Waals surface area contributed by atoms with Gasteiger partial charge >= 0.3 is 0 Å². The topological polar surface area (TPSA) is 103 Å². The number of hydrogen-bond donors (Lipinski definition) is 4. The maximum atomic E-state index is 13.5. The fourth-order valence-electron chi connectivity index (χ4n) is 2.91. The SMILES string of the molecule is NN=C(NN)c1ccc2c(c1)[nH+]c(Nc1cccc(F)c1)c1ccsc12. The summed E-state index contributed by atoms with van der Waals surface area (Å²) in [6.45, 7) is 0. The summed E-state index contributed by atoms with van der Waals surface area (Å²) in [4.78, 5) is 3.38. The molecule has 0 spiro atoms. The number of thiophene rings is 1. The molecule has 130 valence electrons. The molecule has 8 heteroatoms. The van der Waals surface area contributed by atoms with Crippen LogP contribution in [0, 0.1) is 5.82 Å². The van der Waals surface area contributed by atoms with Crippen LogP contribution in [0.1, 0.15) is 5.56 Å². The van der Waals surface area contributed by atoms with Crippen molar-refractivity contribution in [2.45, 2.75) is 0 Å². The van der Waals surface area contributed by atoms with E-state index in [9.17, 15) is 4.39 Å². The normalized spacial score (nSPS) is 11.8. The molecular formula is C18H16FN6S+. The zero-order chi connectivity index (χ0) is 18.1. The summed E-state index contributed by atoms with van der Waals surface area (Å²) in [5, 5.41) is 11.0. The molecule has 7 N–H and O–H groups in total. The van der Waals surface area contributed by atoms with Crippen LogP contribution in [0.3, 0.4) is 0 Å². The summed E-state index contributed by atoms with van der Waals surface area (Å²) in [5.74, 6) is 11.7. The summed E-state index contributed by atoms with van der Waals surface area (Å²) in [7, 11) is 0. The molecule has 0 fully saturated rings. The van der Waals surface area contributed by atoms with Gasteiger partial charge in [0.2, 0.25) is 0 Å². The maximum absolute atomic E-state index is 13.5. The molecule has 4 rings (SSSR count). The standard InChI is InChI=1S/C18H15FN6S/c19-11-2-1-3-12(9-11)22-18-14-6-7-26-16(14)13-5-4-10(8-15(13)23-18)17(24-20)25-21/h1-9H,20-21H2,(H,22,23)(H,24,25)/p+1. The molecule has 2 aromatic carbocycles. The highest BCUT2D eigenvalue weighted by atomic mass is 32.1. The molecule has 0 bridgehead atoms. The van der Waals surface area contributed by atoms with Crippen LogP contribution in [0.5, 0.6) is 0 Å². The van der Waals surface area contributed by atoms with Gasteiger partial charge in [-0.05, 0) is 35.7 Å². The molecule has 0 aliphatic rings. The Labute approximate surface area is 152 Å². The van der Waals surface area contributed by atoms with E-state index in [0.717, 1.165) is 32.4 Å². The Balaban J connectivity index is 1.89. The van der Waals surface area contributed by atoms with Gasteiger partial charge < -0.3 is 11.3 Å². The van der Waals surface area contributed by atoms with Gasteiger partial charge in [0.1, 0.15) is 17.0 Å². The first-order chi connectivity index (χ1) is 12.7. The van der Waals surface area contributed by atoms with E-state index in [0.29, 0.717) is 11.5 Å². The second kappa shape index (κ2) is 6.58. The van der Waals surface area contributed by atoms with Crippen LogP contribution in [0.15, 0.2) is 59.0 Å². The van der Waals surface area contributed by atoms with E-state index >= 15 is 0 Å². The number of nitrogens with one attached hydrogen (secondary N) is 3. The molecule has 2 aromatic heterocycles. The highest BCUT2D eigenvalue weighted by molar-refractivity contribution is 7.18. The highest BCUT2D eigenvalue weighted by Crippen LogP contribution is 2.33. The number of H-pyrrole nitrogens is 1. The Bertz CT molecular complexity index is 1140. The van der Waals surface area contributed by atoms with Crippen LogP contribution < -0.4 is 27.4 Å². The van der Waals surface area contributed by atoms with Gasteiger partial charge in [0.05, 0.1) is 10.1 Å².